The lowest BCUT2D eigenvalue weighted by Crippen LogP contribution is -2.41. The molecule has 2 aromatic rings. The molecule has 0 radical (unpaired) electrons. The van der Waals surface area contributed by atoms with E-state index < -0.39 is 15.9 Å². The maximum absolute atomic E-state index is 12.0. The largest absolute Gasteiger partial charge is 0.273 e. The van der Waals surface area contributed by atoms with Crippen molar-refractivity contribution in [3.8, 4) is 0 Å². The minimum absolute atomic E-state index is 0.0111. The number of halogens is 1. The van der Waals surface area contributed by atoms with Gasteiger partial charge in [0.15, 0.2) is 0 Å². The molecule has 110 valence electrons. The van der Waals surface area contributed by atoms with Crippen molar-refractivity contribution >= 4 is 27.5 Å². The van der Waals surface area contributed by atoms with Crippen LogP contribution < -0.4 is 10.3 Å². The third-order valence-electron chi connectivity index (χ3n) is 2.81. The van der Waals surface area contributed by atoms with Crippen LogP contribution in [0.3, 0.4) is 0 Å². The first-order valence-corrected chi connectivity index (χ1v) is 7.89. The van der Waals surface area contributed by atoms with E-state index in [-0.39, 0.29) is 4.90 Å². The van der Waals surface area contributed by atoms with Crippen molar-refractivity contribution in [3.05, 3.63) is 64.7 Å². The van der Waals surface area contributed by atoms with Crippen molar-refractivity contribution in [1.82, 2.24) is 10.3 Å². The van der Waals surface area contributed by atoms with Crippen LogP contribution in [-0.2, 0) is 10.0 Å². The summed E-state index contributed by atoms with van der Waals surface area (Å²) in [6.07, 6.45) is 0. The highest BCUT2D eigenvalue weighted by Gasteiger charge is 2.16. The van der Waals surface area contributed by atoms with E-state index >= 15 is 0 Å². The molecule has 2 aromatic carbocycles. The van der Waals surface area contributed by atoms with Gasteiger partial charge >= 0.3 is 0 Å². The molecule has 1 amide bonds. The molecule has 2 rings (SSSR count). The van der Waals surface area contributed by atoms with Gasteiger partial charge in [-0.25, -0.2) is 8.42 Å². The Morgan fingerprint density at radius 2 is 1.67 bits per heavy atom. The first-order chi connectivity index (χ1) is 9.90. The summed E-state index contributed by atoms with van der Waals surface area (Å²) in [5.74, 6) is -0.523. The van der Waals surface area contributed by atoms with Gasteiger partial charge in [0.25, 0.3) is 15.9 Å². The van der Waals surface area contributed by atoms with Crippen LogP contribution in [0, 0.1) is 6.92 Å². The highest BCUT2D eigenvalue weighted by atomic mass is 35.5. The average Bonchev–Trinajstić information content (AvgIpc) is 2.46. The predicted octanol–water partition coefficient (Wildman–Crippen LogP) is 2.27. The Kier molecular flexibility index (Phi) is 4.62. The molecule has 0 saturated carbocycles. The standard InChI is InChI=1S/C14H13ClN2O3S/c1-10-4-2-3-5-13(10)14(18)16-17-21(19,20)12-8-6-11(15)7-9-12/h2-9,17H,1H3,(H,16,18). The molecule has 0 spiro atoms. The lowest BCUT2D eigenvalue weighted by atomic mass is 10.1. The van der Waals surface area contributed by atoms with Crippen LogP contribution in [-0.4, -0.2) is 14.3 Å². The molecule has 0 saturated heterocycles. The summed E-state index contributed by atoms with van der Waals surface area (Å²) in [5, 5.41) is 0.429. The van der Waals surface area contributed by atoms with Crippen LogP contribution >= 0.6 is 11.6 Å². The van der Waals surface area contributed by atoms with Gasteiger partial charge in [0.1, 0.15) is 0 Å². The van der Waals surface area contributed by atoms with Crippen LogP contribution in [0.15, 0.2) is 53.4 Å². The van der Waals surface area contributed by atoms with Gasteiger partial charge in [0, 0.05) is 10.6 Å². The van der Waals surface area contributed by atoms with Crippen molar-refractivity contribution in [1.29, 1.82) is 0 Å². The lowest BCUT2D eigenvalue weighted by molar-refractivity contribution is 0.0944. The first-order valence-electron chi connectivity index (χ1n) is 6.03. The van der Waals surface area contributed by atoms with Crippen LogP contribution in [0.4, 0.5) is 0 Å². The van der Waals surface area contributed by atoms with E-state index in [1.54, 1.807) is 31.2 Å². The van der Waals surface area contributed by atoms with Crippen LogP contribution in [0.1, 0.15) is 15.9 Å². The minimum Gasteiger partial charge on any atom is -0.273 e. The van der Waals surface area contributed by atoms with Gasteiger partial charge < -0.3 is 0 Å². The molecule has 0 aliphatic heterocycles. The number of hydrogen-bond donors (Lipinski definition) is 2. The number of hydrogen-bond acceptors (Lipinski definition) is 3. The molecule has 5 nitrogen and oxygen atoms in total. The SMILES string of the molecule is Cc1ccccc1C(=O)NNS(=O)(=O)c1ccc(Cl)cc1. The Morgan fingerprint density at radius 1 is 1.05 bits per heavy atom. The van der Waals surface area contributed by atoms with Gasteiger partial charge in [-0.05, 0) is 42.8 Å². The minimum atomic E-state index is -3.83. The number of sulfonamides is 1. The average molecular weight is 325 g/mol. The Labute approximate surface area is 128 Å². The van der Waals surface area contributed by atoms with E-state index in [4.69, 9.17) is 11.6 Å². The van der Waals surface area contributed by atoms with Gasteiger partial charge in [-0.2, -0.15) is 0 Å². The number of carbonyl (C=O) groups is 1. The second-order valence-corrected chi connectivity index (χ2v) is 6.45. The maximum Gasteiger partial charge on any atom is 0.266 e. The molecular weight excluding hydrogens is 312 g/mol. The molecule has 7 heteroatoms. The third kappa shape index (κ3) is 3.81. The molecule has 0 atom stereocenters. The van der Waals surface area contributed by atoms with Gasteiger partial charge in [0.05, 0.1) is 4.90 Å². The van der Waals surface area contributed by atoms with Crippen LogP contribution in [0.25, 0.3) is 0 Å². The number of carbonyl (C=O) groups excluding carboxylic acids is 1. The van der Waals surface area contributed by atoms with Gasteiger partial charge in [0.2, 0.25) is 0 Å². The fourth-order valence-electron chi connectivity index (χ4n) is 1.68. The molecule has 0 unspecified atom stereocenters. The van der Waals surface area contributed by atoms with Crippen LogP contribution in [0.5, 0.6) is 0 Å². The van der Waals surface area contributed by atoms with E-state index in [1.165, 1.54) is 24.3 Å². The summed E-state index contributed by atoms with van der Waals surface area (Å²) in [5.41, 5.74) is 3.33. The zero-order chi connectivity index (χ0) is 15.5. The Hall–Kier alpha value is -1.89. The first kappa shape index (κ1) is 15.5. The van der Waals surface area contributed by atoms with E-state index in [1.807, 2.05) is 4.83 Å². The zero-order valence-corrected chi connectivity index (χ0v) is 12.7. The fourth-order valence-corrected chi connectivity index (χ4v) is 2.65. The normalized spacial score (nSPS) is 11.1. The molecule has 0 fully saturated rings. The number of rotatable bonds is 4. The van der Waals surface area contributed by atoms with Gasteiger partial charge in [-0.1, -0.05) is 29.8 Å². The van der Waals surface area contributed by atoms with E-state index in [0.29, 0.717) is 10.6 Å². The van der Waals surface area contributed by atoms with Crippen molar-refractivity contribution in [2.24, 2.45) is 0 Å². The number of nitrogens with one attached hydrogen (secondary N) is 2. The number of benzene rings is 2. The molecular formula is C14H13ClN2O3S. The summed E-state index contributed by atoms with van der Waals surface area (Å²) < 4.78 is 24.0. The van der Waals surface area contributed by atoms with Crippen molar-refractivity contribution in [2.45, 2.75) is 11.8 Å². The van der Waals surface area contributed by atoms with E-state index in [2.05, 4.69) is 5.43 Å². The van der Waals surface area contributed by atoms with Gasteiger partial charge in [-0.3, -0.25) is 10.2 Å². The zero-order valence-electron chi connectivity index (χ0n) is 11.1. The monoisotopic (exact) mass is 324 g/mol. The third-order valence-corrected chi connectivity index (χ3v) is 4.33. The Balaban J connectivity index is 2.10. The van der Waals surface area contributed by atoms with Gasteiger partial charge in [-0.15, -0.1) is 4.83 Å². The van der Waals surface area contributed by atoms with E-state index in [9.17, 15) is 13.2 Å². The topological polar surface area (TPSA) is 75.3 Å². The van der Waals surface area contributed by atoms with E-state index in [0.717, 1.165) is 5.56 Å². The lowest BCUT2D eigenvalue weighted by Gasteiger charge is -2.09. The summed E-state index contributed by atoms with van der Waals surface area (Å²) in [4.78, 5) is 14.0. The van der Waals surface area contributed by atoms with Crippen molar-refractivity contribution in [3.63, 3.8) is 0 Å². The Morgan fingerprint density at radius 3 is 2.29 bits per heavy atom. The fraction of sp³-hybridized carbons (Fsp3) is 0.0714. The summed E-state index contributed by atoms with van der Waals surface area (Å²) in [7, 11) is -3.83. The summed E-state index contributed by atoms with van der Waals surface area (Å²) >= 11 is 5.70. The highest BCUT2D eigenvalue weighted by molar-refractivity contribution is 7.89. The smallest absolute Gasteiger partial charge is 0.266 e. The quantitative estimate of drug-likeness (QED) is 0.847. The number of hydrazine groups is 1. The van der Waals surface area contributed by atoms with Crippen LogP contribution in [0.2, 0.25) is 5.02 Å². The highest BCUT2D eigenvalue weighted by Crippen LogP contribution is 2.13. The molecule has 21 heavy (non-hydrogen) atoms. The van der Waals surface area contributed by atoms with Crippen molar-refractivity contribution < 1.29 is 13.2 Å². The molecule has 0 aliphatic rings. The molecule has 2 N–H and O–H groups in total. The molecule has 0 aliphatic carbocycles. The summed E-state index contributed by atoms with van der Waals surface area (Å²) in [6.45, 7) is 1.77. The second-order valence-electron chi connectivity index (χ2n) is 4.33. The predicted molar refractivity (Wildman–Crippen MR) is 80.4 cm³/mol. The maximum atomic E-state index is 12.0. The van der Waals surface area contributed by atoms with Crippen molar-refractivity contribution in [2.75, 3.05) is 0 Å². The summed E-state index contributed by atoms with van der Waals surface area (Å²) in [6, 6.07) is 12.5. The number of amides is 1. The second kappa shape index (κ2) is 6.26. The Bertz CT molecular complexity index is 758. The number of aryl methyl sites for hydroxylation is 1. The molecule has 0 heterocycles. The molecule has 0 aromatic heterocycles. The molecule has 0 bridgehead atoms.